The van der Waals surface area contributed by atoms with Crippen LogP contribution in [0.1, 0.15) is 31.9 Å². The second-order valence-electron chi connectivity index (χ2n) is 8.14. The number of aromatic nitrogens is 2. The Morgan fingerprint density at radius 1 is 1.09 bits per heavy atom. The molecule has 0 amide bonds. The van der Waals surface area contributed by atoms with Gasteiger partial charge in [0.1, 0.15) is 12.2 Å². The molecule has 0 unspecified atom stereocenters. The van der Waals surface area contributed by atoms with Crippen LogP contribution in [-0.2, 0) is 35.2 Å². The largest absolute Gasteiger partial charge is 0.465 e. The van der Waals surface area contributed by atoms with Crippen LogP contribution in [-0.4, -0.2) is 40.9 Å². The molecule has 2 aromatic carbocycles. The Labute approximate surface area is 190 Å². The Kier molecular flexibility index (Phi) is 6.81. The van der Waals surface area contributed by atoms with Gasteiger partial charge in [0.2, 0.25) is 0 Å². The van der Waals surface area contributed by atoms with E-state index in [2.05, 4.69) is 9.84 Å². The van der Waals surface area contributed by atoms with E-state index < -0.39 is 11.9 Å². The number of carbonyl (C=O) groups excluding carboxylic acids is 3. The van der Waals surface area contributed by atoms with Crippen molar-refractivity contribution in [3.8, 4) is 5.82 Å². The second kappa shape index (κ2) is 9.56. The van der Waals surface area contributed by atoms with Gasteiger partial charge in [-0.1, -0.05) is 36.4 Å². The fourth-order valence-corrected chi connectivity index (χ4v) is 2.91. The third-order valence-corrected chi connectivity index (χ3v) is 4.61. The summed E-state index contributed by atoms with van der Waals surface area (Å²) < 4.78 is 16.3. The van der Waals surface area contributed by atoms with Crippen molar-refractivity contribution in [1.29, 1.82) is 0 Å². The van der Waals surface area contributed by atoms with E-state index in [1.165, 1.54) is 7.11 Å². The fraction of sp³-hybridized carbons (Fsp3) is 0.250. The first kappa shape index (κ1) is 23.5. The van der Waals surface area contributed by atoms with Crippen LogP contribution >= 0.6 is 0 Å². The Bertz CT molecular complexity index is 1220. The Morgan fingerprint density at radius 2 is 1.79 bits per heavy atom. The maximum atomic E-state index is 12.5. The molecular formula is C24H25N3O6. The van der Waals surface area contributed by atoms with Gasteiger partial charge in [-0.2, -0.15) is 0 Å². The van der Waals surface area contributed by atoms with E-state index in [0.717, 1.165) is 22.3 Å². The molecule has 2 aromatic rings. The molecular weight excluding hydrogens is 426 g/mol. The lowest BCUT2D eigenvalue weighted by Crippen LogP contribution is -2.21. The first-order valence-corrected chi connectivity index (χ1v) is 10.1. The monoisotopic (exact) mass is 451 g/mol. The highest BCUT2D eigenvalue weighted by Gasteiger charge is 2.29. The van der Waals surface area contributed by atoms with Gasteiger partial charge < -0.3 is 19.9 Å². The van der Waals surface area contributed by atoms with Gasteiger partial charge in [-0.15, -0.1) is 5.10 Å². The number of benzene rings is 2. The van der Waals surface area contributed by atoms with E-state index in [1.807, 2.05) is 57.2 Å². The average molecular weight is 451 g/mol. The SMILES string of the molecule is CC(C)(C)OC=O.COC(=O)C(C(=O)OCc1ccccc1)=C(N)c1ccc2c(c1)c1nn2-1. The van der Waals surface area contributed by atoms with Crippen molar-refractivity contribution in [2.75, 3.05) is 7.11 Å². The second-order valence-corrected chi connectivity index (χ2v) is 8.14. The van der Waals surface area contributed by atoms with Gasteiger partial charge >= 0.3 is 11.9 Å². The smallest absolute Gasteiger partial charge is 0.348 e. The van der Waals surface area contributed by atoms with Crippen LogP contribution < -0.4 is 5.73 Å². The molecule has 0 aliphatic carbocycles. The van der Waals surface area contributed by atoms with Crippen LogP contribution in [0.3, 0.4) is 0 Å². The molecule has 0 aromatic heterocycles. The minimum Gasteiger partial charge on any atom is -0.465 e. The van der Waals surface area contributed by atoms with Gasteiger partial charge in [0.25, 0.3) is 6.47 Å². The summed E-state index contributed by atoms with van der Waals surface area (Å²) in [6, 6.07) is 14.5. The highest BCUT2D eigenvalue weighted by Crippen LogP contribution is 2.36. The van der Waals surface area contributed by atoms with E-state index in [0.29, 0.717) is 12.0 Å². The molecule has 0 saturated heterocycles. The molecule has 33 heavy (non-hydrogen) atoms. The van der Waals surface area contributed by atoms with Crippen molar-refractivity contribution in [3.63, 3.8) is 0 Å². The van der Waals surface area contributed by atoms with Crippen molar-refractivity contribution in [2.45, 2.75) is 33.0 Å². The minimum absolute atomic E-state index is 0.0115. The molecule has 0 saturated carbocycles. The molecule has 2 N–H and O–H groups in total. The van der Waals surface area contributed by atoms with Gasteiger partial charge in [0.05, 0.1) is 18.3 Å². The Morgan fingerprint density at radius 3 is 2.36 bits per heavy atom. The van der Waals surface area contributed by atoms with Gasteiger partial charge in [0.15, 0.2) is 11.4 Å². The third kappa shape index (κ3) is 5.57. The molecule has 9 heteroatoms. The normalized spacial score (nSPS) is 12.1. The quantitative estimate of drug-likeness (QED) is 0.119. The summed E-state index contributed by atoms with van der Waals surface area (Å²) in [4.78, 5) is 34.2. The molecule has 0 fully saturated rings. The fourth-order valence-electron chi connectivity index (χ4n) is 2.91. The molecule has 9 nitrogen and oxygen atoms in total. The van der Waals surface area contributed by atoms with Crippen molar-refractivity contribution < 1.29 is 28.6 Å². The summed E-state index contributed by atoms with van der Waals surface area (Å²) in [6.45, 7) is 5.95. The number of ether oxygens (including phenoxy) is 3. The number of nitrogens with two attached hydrogens (primary N) is 1. The van der Waals surface area contributed by atoms with Crippen molar-refractivity contribution in [1.82, 2.24) is 9.78 Å². The maximum absolute atomic E-state index is 12.5. The number of nitrogens with zero attached hydrogens (tertiary/aromatic N) is 2. The van der Waals surface area contributed by atoms with Gasteiger partial charge in [-0.05, 0) is 44.0 Å². The third-order valence-electron chi connectivity index (χ3n) is 4.61. The minimum atomic E-state index is -0.839. The van der Waals surface area contributed by atoms with Crippen LogP contribution in [0.4, 0.5) is 0 Å². The van der Waals surface area contributed by atoms with Crippen LogP contribution in [0.15, 0.2) is 54.1 Å². The predicted molar refractivity (Wildman–Crippen MR) is 121 cm³/mol. The number of hydrogen-bond acceptors (Lipinski definition) is 8. The lowest BCUT2D eigenvalue weighted by molar-refractivity contribution is -0.146. The van der Waals surface area contributed by atoms with Crippen molar-refractivity contribution in [2.24, 2.45) is 5.73 Å². The summed E-state index contributed by atoms with van der Waals surface area (Å²) in [5.41, 5.74) is 7.80. The summed E-state index contributed by atoms with van der Waals surface area (Å²) in [6.07, 6.45) is 0. The van der Waals surface area contributed by atoms with Gasteiger partial charge in [-0.3, -0.25) is 4.79 Å². The summed E-state index contributed by atoms with van der Waals surface area (Å²) >= 11 is 0. The average Bonchev–Trinajstić information content (AvgIpc) is 3.50. The molecule has 2 aliphatic heterocycles. The molecule has 2 heterocycles. The topological polar surface area (TPSA) is 123 Å². The van der Waals surface area contributed by atoms with Crippen LogP contribution in [0.25, 0.3) is 22.4 Å². The zero-order valence-electron chi connectivity index (χ0n) is 18.8. The molecule has 0 radical (unpaired) electrons. The summed E-state index contributed by atoms with van der Waals surface area (Å²) in [5, 5.41) is 5.08. The van der Waals surface area contributed by atoms with Crippen LogP contribution in [0.5, 0.6) is 0 Å². The number of esters is 2. The number of fused-ring (bicyclic) bond motifs is 4. The number of hydrogen-bond donors (Lipinski definition) is 1. The Hall–Kier alpha value is -4.14. The van der Waals surface area contributed by atoms with E-state index in [-0.39, 0.29) is 23.5 Å². The van der Waals surface area contributed by atoms with Gasteiger partial charge in [-0.25, -0.2) is 14.3 Å². The molecule has 0 atom stereocenters. The first-order valence-electron chi connectivity index (χ1n) is 10.1. The van der Waals surface area contributed by atoms with E-state index in [1.54, 1.807) is 16.8 Å². The number of rotatable bonds is 6. The number of methoxy groups -OCH3 is 1. The highest BCUT2D eigenvalue weighted by molar-refractivity contribution is 6.20. The molecule has 172 valence electrons. The molecule has 2 aliphatic rings. The van der Waals surface area contributed by atoms with Crippen molar-refractivity contribution >= 4 is 35.0 Å². The molecule has 0 bridgehead atoms. The molecule has 0 spiro atoms. The highest BCUT2D eigenvalue weighted by atomic mass is 16.5. The Balaban J connectivity index is 0.000000383. The lowest BCUT2D eigenvalue weighted by atomic mass is 10.0. The molecule has 4 rings (SSSR count). The summed E-state index contributed by atoms with van der Waals surface area (Å²) in [7, 11) is 1.19. The lowest BCUT2D eigenvalue weighted by Gasteiger charge is -2.14. The van der Waals surface area contributed by atoms with E-state index >= 15 is 0 Å². The standard InChI is InChI=1S/C19H15N3O4.C5H10O2/c1-25-18(23)15(19(24)26-10-11-5-3-2-4-6-11)16(20)12-7-8-14-13(9-12)17-21-22(14)17;1-5(2,3)7-4-6/h2-9H,10,20H2,1H3;4H,1-3H3. The zero-order chi connectivity index (χ0) is 24.2. The van der Waals surface area contributed by atoms with Gasteiger partial charge in [0, 0.05) is 5.39 Å². The summed E-state index contributed by atoms with van der Waals surface area (Å²) in [5.74, 6) is -0.791. The maximum Gasteiger partial charge on any atom is 0.348 e. The van der Waals surface area contributed by atoms with Crippen LogP contribution in [0, 0.1) is 0 Å². The van der Waals surface area contributed by atoms with Crippen LogP contribution in [0.2, 0.25) is 0 Å². The predicted octanol–water partition coefficient (Wildman–Crippen LogP) is 2.88. The van der Waals surface area contributed by atoms with Crippen molar-refractivity contribution in [3.05, 3.63) is 65.2 Å². The van der Waals surface area contributed by atoms with E-state index in [9.17, 15) is 14.4 Å². The first-order chi connectivity index (χ1) is 15.7. The number of carbonyl (C=O) groups is 3. The van der Waals surface area contributed by atoms with E-state index in [4.69, 9.17) is 15.2 Å². The zero-order valence-corrected chi connectivity index (χ0v) is 18.8.